The Hall–Kier alpha value is -4.17. The second kappa shape index (κ2) is 10.8. The summed E-state index contributed by atoms with van der Waals surface area (Å²) in [5, 5.41) is 11.7. The molecule has 8 nitrogen and oxygen atoms in total. The van der Waals surface area contributed by atoms with Gasteiger partial charge in [0.1, 0.15) is 17.3 Å². The number of carbonyl (C=O) groups is 2. The average Bonchev–Trinajstić information content (AvgIpc) is 3.18. The van der Waals surface area contributed by atoms with Gasteiger partial charge >= 0.3 is 0 Å². The van der Waals surface area contributed by atoms with Gasteiger partial charge in [-0.25, -0.2) is 0 Å². The monoisotopic (exact) mass is 523 g/mol. The van der Waals surface area contributed by atoms with Crippen molar-refractivity contribution >= 4 is 34.7 Å². The molecule has 9 heteroatoms. The zero-order chi connectivity index (χ0) is 26.7. The van der Waals surface area contributed by atoms with Gasteiger partial charge in [-0.2, -0.15) is 0 Å². The van der Waals surface area contributed by atoms with E-state index in [-0.39, 0.29) is 16.9 Å². The third kappa shape index (κ3) is 4.80. The fourth-order valence-electron chi connectivity index (χ4n) is 4.25. The van der Waals surface area contributed by atoms with Crippen molar-refractivity contribution in [3.63, 3.8) is 0 Å². The van der Waals surface area contributed by atoms with Gasteiger partial charge in [0.2, 0.25) is 0 Å². The smallest absolute Gasteiger partial charge is 0.300 e. The maximum Gasteiger partial charge on any atom is 0.300 e. The van der Waals surface area contributed by atoms with Crippen molar-refractivity contribution < 1.29 is 33.6 Å². The predicted octanol–water partition coefficient (Wildman–Crippen LogP) is 5.39. The highest BCUT2D eigenvalue weighted by Gasteiger charge is 2.47. The maximum absolute atomic E-state index is 13.4. The Balaban J connectivity index is 1.96. The predicted molar refractivity (Wildman–Crippen MR) is 140 cm³/mol. The van der Waals surface area contributed by atoms with Gasteiger partial charge < -0.3 is 24.1 Å². The first kappa shape index (κ1) is 25.9. The Bertz CT molecular complexity index is 1370. The van der Waals surface area contributed by atoms with Crippen LogP contribution in [0.4, 0.5) is 5.69 Å². The van der Waals surface area contributed by atoms with E-state index < -0.39 is 17.7 Å². The number of hydrogen-bond acceptors (Lipinski definition) is 7. The molecule has 1 aliphatic heterocycles. The average molecular weight is 524 g/mol. The van der Waals surface area contributed by atoms with Crippen molar-refractivity contribution in [2.45, 2.75) is 13.0 Å². The van der Waals surface area contributed by atoms with Crippen LogP contribution in [0.15, 0.2) is 66.2 Å². The standard InChI is InChI=1S/C28H26ClNO7/c1-5-37-23-14-16(7-13-21(23)35-3)25-24(26(31)17-6-12-20(29)22(15-17)36-4)27(32)28(33)30(25)18-8-10-19(34-2)11-9-18/h6-15,25,31H,5H2,1-4H3/b26-24-. The molecule has 0 saturated carbocycles. The van der Waals surface area contributed by atoms with Crippen LogP contribution in [0.25, 0.3) is 5.76 Å². The van der Waals surface area contributed by atoms with E-state index in [1.54, 1.807) is 54.6 Å². The molecule has 1 unspecified atom stereocenters. The van der Waals surface area contributed by atoms with Gasteiger partial charge in [0.15, 0.2) is 11.5 Å². The van der Waals surface area contributed by atoms with Crippen LogP contribution in [-0.4, -0.2) is 44.7 Å². The first-order chi connectivity index (χ1) is 17.8. The van der Waals surface area contributed by atoms with Gasteiger partial charge in [-0.15, -0.1) is 0 Å². The van der Waals surface area contributed by atoms with Crippen LogP contribution in [0, 0.1) is 0 Å². The fraction of sp³-hybridized carbons (Fsp3) is 0.214. The molecular formula is C28H26ClNO7. The molecule has 3 aromatic carbocycles. The molecule has 0 radical (unpaired) electrons. The number of rotatable bonds is 8. The lowest BCUT2D eigenvalue weighted by atomic mass is 9.94. The Kier molecular flexibility index (Phi) is 7.59. The number of aliphatic hydroxyl groups excluding tert-OH is 1. The minimum absolute atomic E-state index is 0.0854. The van der Waals surface area contributed by atoms with Crippen molar-refractivity contribution in [1.82, 2.24) is 0 Å². The maximum atomic E-state index is 13.4. The first-order valence-electron chi connectivity index (χ1n) is 11.4. The van der Waals surface area contributed by atoms with Crippen LogP contribution in [0.1, 0.15) is 24.1 Å². The summed E-state index contributed by atoms with van der Waals surface area (Å²) in [5.41, 5.74) is 1.19. The van der Waals surface area contributed by atoms with E-state index in [9.17, 15) is 14.7 Å². The van der Waals surface area contributed by atoms with Crippen molar-refractivity contribution in [3.8, 4) is 23.0 Å². The van der Waals surface area contributed by atoms with Crippen LogP contribution < -0.4 is 23.8 Å². The third-order valence-electron chi connectivity index (χ3n) is 6.02. The molecule has 1 heterocycles. The Labute approximate surface area is 219 Å². The summed E-state index contributed by atoms with van der Waals surface area (Å²) < 4.78 is 21.6. The topological polar surface area (TPSA) is 94.5 Å². The van der Waals surface area contributed by atoms with E-state index in [0.717, 1.165) is 0 Å². The largest absolute Gasteiger partial charge is 0.507 e. The van der Waals surface area contributed by atoms with Gasteiger partial charge in [0.25, 0.3) is 11.7 Å². The Morgan fingerprint density at radius 1 is 0.892 bits per heavy atom. The number of anilines is 1. The summed E-state index contributed by atoms with van der Waals surface area (Å²) in [7, 11) is 4.50. The van der Waals surface area contributed by atoms with Gasteiger partial charge in [-0.1, -0.05) is 17.7 Å². The molecule has 0 bridgehead atoms. The summed E-state index contributed by atoms with van der Waals surface area (Å²) in [4.78, 5) is 28.2. The quantitative estimate of drug-likeness (QED) is 0.240. The second-order valence-electron chi connectivity index (χ2n) is 8.06. The minimum atomic E-state index is -0.958. The highest BCUT2D eigenvalue weighted by atomic mass is 35.5. The molecule has 1 amide bonds. The molecule has 0 aliphatic carbocycles. The zero-order valence-electron chi connectivity index (χ0n) is 20.8. The van der Waals surface area contributed by atoms with Crippen molar-refractivity contribution in [1.29, 1.82) is 0 Å². The van der Waals surface area contributed by atoms with Crippen LogP contribution in [0.2, 0.25) is 5.02 Å². The molecule has 3 aromatic rings. The zero-order valence-corrected chi connectivity index (χ0v) is 21.5. The van der Waals surface area contributed by atoms with Crippen molar-refractivity contribution in [3.05, 3.63) is 82.4 Å². The van der Waals surface area contributed by atoms with Gasteiger partial charge in [0, 0.05) is 11.3 Å². The number of aliphatic hydroxyl groups is 1. The molecule has 0 spiro atoms. The lowest BCUT2D eigenvalue weighted by molar-refractivity contribution is -0.132. The van der Waals surface area contributed by atoms with Crippen LogP contribution in [-0.2, 0) is 9.59 Å². The number of ketones is 1. The minimum Gasteiger partial charge on any atom is -0.507 e. The molecule has 1 atom stereocenters. The van der Waals surface area contributed by atoms with Crippen LogP contribution in [0.5, 0.6) is 23.0 Å². The highest BCUT2D eigenvalue weighted by molar-refractivity contribution is 6.51. The van der Waals surface area contributed by atoms with E-state index in [1.807, 2.05) is 6.92 Å². The number of Topliss-reactive ketones (excluding diaryl/α,β-unsaturated/α-hetero) is 1. The first-order valence-corrected chi connectivity index (χ1v) is 11.8. The van der Waals surface area contributed by atoms with E-state index in [4.69, 9.17) is 30.5 Å². The van der Waals surface area contributed by atoms with Gasteiger partial charge in [-0.05, 0) is 67.1 Å². The Morgan fingerprint density at radius 2 is 1.59 bits per heavy atom. The highest BCUT2D eigenvalue weighted by Crippen LogP contribution is 2.44. The molecule has 1 saturated heterocycles. The van der Waals surface area contributed by atoms with Crippen molar-refractivity contribution in [2.24, 2.45) is 0 Å². The fourth-order valence-corrected chi connectivity index (χ4v) is 4.45. The summed E-state index contributed by atoms with van der Waals surface area (Å²) in [6.07, 6.45) is 0. The lowest BCUT2D eigenvalue weighted by Gasteiger charge is -2.26. The number of methoxy groups -OCH3 is 3. The van der Waals surface area contributed by atoms with Gasteiger partial charge in [0.05, 0.1) is 44.6 Å². The summed E-state index contributed by atoms with van der Waals surface area (Å²) in [5.74, 6) is -0.135. The molecule has 1 aliphatic rings. The number of amides is 1. The molecule has 4 rings (SSSR count). The summed E-state index contributed by atoms with van der Waals surface area (Å²) >= 11 is 6.15. The van der Waals surface area contributed by atoms with Crippen molar-refractivity contribution in [2.75, 3.05) is 32.8 Å². The van der Waals surface area contributed by atoms with E-state index in [1.165, 1.54) is 32.3 Å². The molecular weight excluding hydrogens is 498 g/mol. The number of ether oxygens (including phenoxy) is 4. The SMILES string of the molecule is CCOc1cc(C2/C(=C(/O)c3ccc(Cl)c(OC)c3)C(=O)C(=O)N2c2ccc(OC)cc2)ccc1OC. The number of hydrogen-bond donors (Lipinski definition) is 1. The molecule has 192 valence electrons. The lowest BCUT2D eigenvalue weighted by Crippen LogP contribution is -2.29. The molecule has 1 N–H and O–H groups in total. The second-order valence-corrected chi connectivity index (χ2v) is 8.47. The number of benzene rings is 3. The third-order valence-corrected chi connectivity index (χ3v) is 6.34. The summed E-state index contributed by atoms with van der Waals surface area (Å²) in [6.45, 7) is 2.21. The Morgan fingerprint density at radius 3 is 2.22 bits per heavy atom. The van der Waals surface area contributed by atoms with Crippen LogP contribution in [0.3, 0.4) is 0 Å². The normalized spacial score (nSPS) is 16.6. The van der Waals surface area contributed by atoms with Gasteiger partial charge in [-0.3, -0.25) is 14.5 Å². The van der Waals surface area contributed by atoms with E-state index in [2.05, 4.69) is 0 Å². The van der Waals surface area contributed by atoms with E-state index in [0.29, 0.717) is 45.9 Å². The number of carbonyl (C=O) groups excluding carboxylic acids is 2. The van der Waals surface area contributed by atoms with Crippen LogP contribution >= 0.6 is 11.6 Å². The van der Waals surface area contributed by atoms with E-state index >= 15 is 0 Å². The number of halogens is 1. The summed E-state index contributed by atoms with van der Waals surface area (Å²) in [6, 6.07) is 15.5. The number of nitrogens with zero attached hydrogens (tertiary/aromatic N) is 1. The molecule has 0 aromatic heterocycles. The molecule has 37 heavy (non-hydrogen) atoms. The molecule has 1 fully saturated rings.